The van der Waals surface area contributed by atoms with Gasteiger partial charge in [-0.15, -0.1) is 0 Å². The summed E-state index contributed by atoms with van der Waals surface area (Å²) in [5.41, 5.74) is 1.40. The van der Waals surface area contributed by atoms with Gasteiger partial charge >= 0.3 is 0 Å². The van der Waals surface area contributed by atoms with Crippen molar-refractivity contribution in [2.24, 2.45) is 0 Å². The molecule has 3 aromatic rings. The third-order valence-electron chi connectivity index (χ3n) is 4.75. The van der Waals surface area contributed by atoms with E-state index in [1.165, 1.54) is 0 Å². The van der Waals surface area contributed by atoms with Crippen LogP contribution in [0.3, 0.4) is 0 Å². The minimum absolute atomic E-state index is 0.0267. The summed E-state index contributed by atoms with van der Waals surface area (Å²) in [4.78, 5) is 33.2. The predicted octanol–water partition coefficient (Wildman–Crippen LogP) is 3.68. The van der Waals surface area contributed by atoms with Crippen LogP contribution in [0.1, 0.15) is 10.4 Å². The van der Waals surface area contributed by atoms with E-state index in [4.69, 9.17) is 23.2 Å². The first-order valence-corrected chi connectivity index (χ1v) is 10.7. The van der Waals surface area contributed by atoms with Crippen LogP contribution in [0.25, 0.3) is 10.2 Å². The number of nitrogens with zero attached hydrogens (tertiary/aromatic N) is 3. The molecule has 2 aromatic carbocycles. The average molecular weight is 449 g/mol. The number of aromatic nitrogens is 1. The highest BCUT2D eigenvalue weighted by Crippen LogP contribution is 2.31. The molecule has 1 fully saturated rings. The minimum atomic E-state index is -0.290. The standard InChI is InChI=1S/C20H18Cl2N4O2S/c21-14-3-1-13(2-4-14)19(28)23-12-18(27)25-7-9-26(10-8-25)20-24-16-6-5-15(22)11-17(16)29-20/h1-6,11H,7-10,12H2,(H,23,28). The lowest BCUT2D eigenvalue weighted by Crippen LogP contribution is -2.51. The van der Waals surface area contributed by atoms with Crippen molar-refractivity contribution in [1.82, 2.24) is 15.2 Å². The number of halogens is 2. The van der Waals surface area contributed by atoms with Gasteiger partial charge in [-0.3, -0.25) is 9.59 Å². The van der Waals surface area contributed by atoms with Gasteiger partial charge in [0, 0.05) is 41.8 Å². The van der Waals surface area contributed by atoms with Gasteiger partial charge in [-0.2, -0.15) is 0 Å². The molecule has 9 heteroatoms. The Kier molecular flexibility index (Phi) is 5.89. The monoisotopic (exact) mass is 448 g/mol. The minimum Gasteiger partial charge on any atom is -0.345 e. The number of thiazole rings is 1. The van der Waals surface area contributed by atoms with Gasteiger partial charge in [0.05, 0.1) is 16.8 Å². The number of nitrogens with one attached hydrogen (secondary N) is 1. The van der Waals surface area contributed by atoms with Crippen LogP contribution >= 0.6 is 34.5 Å². The number of hydrogen-bond donors (Lipinski definition) is 1. The summed E-state index contributed by atoms with van der Waals surface area (Å²) < 4.78 is 1.05. The number of piperazine rings is 1. The third kappa shape index (κ3) is 4.63. The van der Waals surface area contributed by atoms with Gasteiger partial charge in [0.1, 0.15) is 0 Å². The zero-order valence-electron chi connectivity index (χ0n) is 15.4. The van der Waals surface area contributed by atoms with Gasteiger partial charge in [0.25, 0.3) is 5.91 Å². The Morgan fingerprint density at radius 3 is 2.41 bits per heavy atom. The van der Waals surface area contributed by atoms with Crippen LogP contribution in [-0.4, -0.2) is 54.4 Å². The maximum absolute atomic E-state index is 12.5. The molecule has 0 bridgehead atoms. The first-order valence-electron chi connectivity index (χ1n) is 9.12. The van der Waals surface area contributed by atoms with Crippen LogP contribution in [0.4, 0.5) is 5.13 Å². The lowest BCUT2D eigenvalue weighted by molar-refractivity contribution is -0.130. The second-order valence-corrected chi connectivity index (χ2v) is 8.55. The number of benzene rings is 2. The molecule has 1 saturated heterocycles. The number of anilines is 1. The summed E-state index contributed by atoms with van der Waals surface area (Å²) in [6.07, 6.45) is 0. The summed E-state index contributed by atoms with van der Waals surface area (Å²) >= 11 is 13.5. The fraction of sp³-hybridized carbons (Fsp3) is 0.250. The molecule has 0 unspecified atom stereocenters. The van der Waals surface area contributed by atoms with E-state index < -0.39 is 0 Å². The summed E-state index contributed by atoms with van der Waals surface area (Å²) in [5, 5.41) is 4.87. The van der Waals surface area contributed by atoms with Crippen LogP contribution in [-0.2, 0) is 4.79 Å². The Bertz CT molecular complexity index is 1050. The number of carbonyl (C=O) groups is 2. The molecule has 1 aliphatic rings. The summed E-state index contributed by atoms with van der Waals surface area (Å²) in [6.45, 7) is 2.55. The zero-order valence-corrected chi connectivity index (χ0v) is 17.7. The number of hydrogen-bond acceptors (Lipinski definition) is 5. The molecule has 1 N–H and O–H groups in total. The maximum Gasteiger partial charge on any atom is 0.251 e. The fourth-order valence-electron chi connectivity index (χ4n) is 3.14. The van der Waals surface area contributed by atoms with Gasteiger partial charge in [0.2, 0.25) is 5.91 Å². The van der Waals surface area contributed by atoms with Crippen LogP contribution in [0, 0.1) is 0 Å². The summed E-state index contributed by atoms with van der Waals surface area (Å²) in [6, 6.07) is 12.2. The molecule has 29 heavy (non-hydrogen) atoms. The Morgan fingerprint density at radius 2 is 1.69 bits per heavy atom. The van der Waals surface area contributed by atoms with Gasteiger partial charge in [-0.1, -0.05) is 34.5 Å². The molecule has 4 rings (SSSR count). The Labute approximate surface area is 182 Å². The molecular formula is C20H18Cl2N4O2S. The van der Waals surface area contributed by atoms with E-state index in [1.54, 1.807) is 40.5 Å². The molecule has 0 saturated carbocycles. The normalized spacial score (nSPS) is 14.3. The highest BCUT2D eigenvalue weighted by atomic mass is 35.5. The smallest absolute Gasteiger partial charge is 0.251 e. The topological polar surface area (TPSA) is 65.5 Å². The number of fused-ring (bicyclic) bond motifs is 1. The molecule has 0 radical (unpaired) electrons. The molecule has 2 amide bonds. The van der Waals surface area contributed by atoms with Gasteiger partial charge in [0.15, 0.2) is 5.13 Å². The van der Waals surface area contributed by atoms with E-state index in [9.17, 15) is 9.59 Å². The Balaban J connectivity index is 1.30. The first kappa shape index (κ1) is 19.9. The van der Waals surface area contributed by atoms with Crippen molar-refractivity contribution < 1.29 is 9.59 Å². The fourth-order valence-corrected chi connectivity index (χ4v) is 4.56. The van der Waals surface area contributed by atoms with E-state index >= 15 is 0 Å². The van der Waals surface area contributed by atoms with Crippen molar-refractivity contribution in [3.05, 3.63) is 58.1 Å². The quantitative estimate of drug-likeness (QED) is 0.660. The van der Waals surface area contributed by atoms with Crippen molar-refractivity contribution in [1.29, 1.82) is 0 Å². The highest BCUT2D eigenvalue weighted by molar-refractivity contribution is 7.22. The second kappa shape index (κ2) is 8.57. The van der Waals surface area contributed by atoms with Crippen molar-refractivity contribution in [3.8, 4) is 0 Å². The largest absolute Gasteiger partial charge is 0.345 e. The lowest BCUT2D eigenvalue weighted by atomic mass is 10.2. The molecule has 2 heterocycles. The van der Waals surface area contributed by atoms with Crippen LogP contribution < -0.4 is 10.2 Å². The lowest BCUT2D eigenvalue weighted by Gasteiger charge is -2.34. The van der Waals surface area contributed by atoms with E-state index in [-0.39, 0.29) is 18.4 Å². The van der Waals surface area contributed by atoms with Crippen molar-refractivity contribution >= 4 is 61.7 Å². The first-order chi connectivity index (χ1) is 14.0. The second-order valence-electron chi connectivity index (χ2n) is 6.67. The SMILES string of the molecule is O=C(NCC(=O)N1CCN(c2nc3ccc(Cl)cc3s2)CC1)c1ccc(Cl)cc1. The Morgan fingerprint density at radius 1 is 1.00 bits per heavy atom. The van der Waals surface area contributed by atoms with Gasteiger partial charge in [-0.05, 0) is 42.5 Å². The van der Waals surface area contributed by atoms with Crippen LogP contribution in [0.2, 0.25) is 10.0 Å². The zero-order chi connectivity index (χ0) is 20.4. The van der Waals surface area contributed by atoms with Gasteiger partial charge in [-0.25, -0.2) is 4.98 Å². The molecule has 0 aliphatic carbocycles. The molecule has 1 aliphatic heterocycles. The van der Waals surface area contributed by atoms with Gasteiger partial charge < -0.3 is 15.1 Å². The molecule has 150 valence electrons. The highest BCUT2D eigenvalue weighted by Gasteiger charge is 2.23. The number of amides is 2. The van der Waals surface area contributed by atoms with Crippen molar-refractivity contribution in [2.45, 2.75) is 0 Å². The van der Waals surface area contributed by atoms with E-state index in [2.05, 4.69) is 15.2 Å². The molecule has 0 spiro atoms. The molecule has 6 nitrogen and oxygen atoms in total. The number of carbonyl (C=O) groups excluding carboxylic acids is 2. The van der Waals surface area contributed by atoms with Crippen molar-refractivity contribution in [3.63, 3.8) is 0 Å². The predicted molar refractivity (Wildman–Crippen MR) is 117 cm³/mol. The molecule has 1 aromatic heterocycles. The van der Waals surface area contributed by atoms with E-state index in [1.807, 2.05) is 18.2 Å². The average Bonchev–Trinajstić information content (AvgIpc) is 3.15. The molecular weight excluding hydrogens is 431 g/mol. The van der Waals surface area contributed by atoms with Crippen LogP contribution in [0.5, 0.6) is 0 Å². The van der Waals surface area contributed by atoms with Crippen LogP contribution in [0.15, 0.2) is 42.5 Å². The van der Waals surface area contributed by atoms with Crippen molar-refractivity contribution in [2.75, 3.05) is 37.6 Å². The molecule has 0 atom stereocenters. The maximum atomic E-state index is 12.5. The Hall–Kier alpha value is -2.35. The summed E-state index contributed by atoms with van der Waals surface area (Å²) in [7, 11) is 0. The summed E-state index contributed by atoms with van der Waals surface area (Å²) in [5.74, 6) is -0.384. The van der Waals surface area contributed by atoms with E-state index in [0.29, 0.717) is 41.8 Å². The number of rotatable bonds is 4. The third-order valence-corrected chi connectivity index (χ3v) is 6.31. The van der Waals surface area contributed by atoms with E-state index in [0.717, 1.165) is 15.3 Å².